The molecule has 0 radical (unpaired) electrons. The number of carbonyl (C=O) groups is 2. The number of benzene rings is 1. The molecule has 0 heterocycles. The third kappa shape index (κ3) is 7.12. The van der Waals surface area contributed by atoms with E-state index in [0.717, 1.165) is 18.4 Å². The van der Waals surface area contributed by atoms with Gasteiger partial charge < -0.3 is 15.2 Å². The van der Waals surface area contributed by atoms with Crippen molar-refractivity contribution in [3.63, 3.8) is 0 Å². The highest BCUT2D eigenvalue weighted by molar-refractivity contribution is 7.85. The second-order valence-corrected chi connectivity index (χ2v) is 7.35. The Morgan fingerprint density at radius 2 is 1.96 bits per heavy atom. The summed E-state index contributed by atoms with van der Waals surface area (Å²) in [5.41, 5.74) is 1.01. The van der Waals surface area contributed by atoms with Crippen LogP contribution in [0.1, 0.15) is 31.7 Å². The topological polar surface area (TPSA) is 92.7 Å². The smallest absolute Gasteiger partial charge is 0.405 e. The molecule has 0 aliphatic heterocycles. The van der Waals surface area contributed by atoms with Crippen molar-refractivity contribution in [2.24, 2.45) is 0 Å². The number of carbonyl (C=O) groups excluding carboxylic acids is 1. The van der Waals surface area contributed by atoms with E-state index in [4.69, 9.17) is 5.11 Å². The van der Waals surface area contributed by atoms with Crippen LogP contribution in [0.15, 0.2) is 30.3 Å². The van der Waals surface area contributed by atoms with Crippen LogP contribution in [0.25, 0.3) is 0 Å². The van der Waals surface area contributed by atoms with Crippen LogP contribution in [0.4, 0.5) is 4.79 Å². The molecule has 0 aromatic heterocycles. The first-order valence-electron chi connectivity index (χ1n) is 7.96. The number of amides is 1. The maximum atomic E-state index is 12.6. The van der Waals surface area contributed by atoms with E-state index in [-0.39, 0.29) is 11.7 Å². The number of rotatable bonds is 10. The predicted octanol–water partition coefficient (Wildman–Crippen LogP) is 2.35. The highest BCUT2D eigenvalue weighted by Gasteiger charge is 2.28. The van der Waals surface area contributed by atoms with E-state index in [9.17, 15) is 13.8 Å². The first-order chi connectivity index (χ1) is 11.5. The lowest BCUT2D eigenvalue weighted by Crippen LogP contribution is -2.44. The number of hydrogen-bond donors (Lipinski definition) is 2. The Bertz CT molecular complexity index is 549. The monoisotopic (exact) mass is 355 g/mol. The van der Waals surface area contributed by atoms with Gasteiger partial charge in [-0.3, -0.25) is 4.21 Å². The molecule has 0 saturated heterocycles. The van der Waals surface area contributed by atoms with Gasteiger partial charge in [0.2, 0.25) is 0 Å². The van der Waals surface area contributed by atoms with E-state index in [1.165, 1.54) is 7.11 Å². The minimum absolute atomic E-state index is 0.143. The quantitative estimate of drug-likeness (QED) is 0.629. The van der Waals surface area contributed by atoms with Crippen LogP contribution in [-0.4, -0.2) is 45.5 Å². The third-order valence-electron chi connectivity index (χ3n) is 3.66. The number of nitrogens with one attached hydrogen (secondary N) is 1. The first-order valence-corrected chi connectivity index (χ1v) is 9.34. The van der Waals surface area contributed by atoms with Crippen molar-refractivity contribution >= 4 is 22.9 Å². The molecule has 2 N–H and O–H groups in total. The van der Waals surface area contributed by atoms with Crippen molar-refractivity contribution in [2.45, 2.75) is 43.9 Å². The van der Waals surface area contributed by atoms with Gasteiger partial charge >= 0.3 is 12.1 Å². The Kier molecular flexibility index (Phi) is 9.07. The zero-order chi connectivity index (χ0) is 17.9. The van der Waals surface area contributed by atoms with Crippen molar-refractivity contribution in [2.75, 3.05) is 12.9 Å². The Labute approximate surface area is 145 Å². The van der Waals surface area contributed by atoms with Crippen LogP contribution < -0.4 is 5.32 Å². The molecule has 3 atom stereocenters. The molecule has 24 heavy (non-hydrogen) atoms. The Morgan fingerprint density at radius 1 is 1.29 bits per heavy atom. The Morgan fingerprint density at radius 3 is 2.50 bits per heavy atom. The summed E-state index contributed by atoms with van der Waals surface area (Å²) in [6.45, 7) is 2.02. The summed E-state index contributed by atoms with van der Waals surface area (Å²) in [6, 6.07) is 8.54. The van der Waals surface area contributed by atoms with Gasteiger partial charge in [0.25, 0.3) is 0 Å². The Balaban J connectivity index is 2.90. The maximum absolute atomic E-state index is 12.6. The minimum atomic E-state index is -1.30. The number of unbranched alkanes of at least 4 members (excludes halogenated alkanes) is 1. The van der Waals surface area contributed by atoms with E-state index < -0.39 is 28.9 Å². The van der Waals surface area contributed by atoms with Crippen molar-refractivity contribution in [1.82, 2.24) is 5.32 Å². The van der Waals surface area contributed by atoms with Crippen molar-refractivity contribution in [3.05, 3.63) is 35.9 Å². The van der Waals surface area contributed by atoms with Crippen LogP contribution in [-0.2, 0) is 26.8 Å². The fourth-order valence-electron chi connectivity index (χ4n) is 2.38. The molecule has 0 bridgehead atoms. The summed E-state index contributed by atoms with van der Waals surface area (Å²) in [5.74, 6) is -0.127. The largest absolute Gasteiger partial charge is 0.467 e. The Hall–Kier alpha value is -1.89. The molecule has 0 aliphatic rings. The number of esters is 1. The summed E-state index contributed by atoms with van der Waals surface area (Å²) in [7, 11) is 0.0546. The van der Waals surface area contributed by atoms with Crippen molar-refractivity contribution in [3.8, 4) is 0 Å². The zero-order valence-corrected chi connectivity index (χ0v) is 14.9. The summed E-state index contributed by atoms with van der Waals surface area (Å²) in [4.78, 5) is 22.7. The zero-order valence-electron chi connectivity index (χ0n) is 14.1. The van der Waals surface area contributed by atoms with Crippen LogP contribution >= 0.6 is 0 Å². The molecule has 1 amide bonds. The molecule has 0 fully saturated rings. The molecule has 134 valence electrons. The van der Waals surface area contributed by atoms with Gasteiger partial charge in [-0.2, -0.15) is 0 Å². The van der Waals surface area contributed by atoms with E-state index in [2.05, 4.69) is 10.1 Å². The number of methoxy groups -OCH3 is 1. The lowest BCUT2D eigenvalue weighted by molar-refractivity contribution is -0.143. The van der Waals surface area contributed by atoms with Crippen LogP contribution in [0.5, 0.6) is 0 Å². The van der Waals surface area contributed by atoms with E-state index in [0.29, 0.717) is 12.2 Å². The van der Waals surface area contributed by atoms with E-state index in [1.54, 1.807) is 0 Å². The van der Waals surface area contributed by atoms with Gasteiger partial charge in [0.1, 0.15) is 6.04 Å². The normalized spacial score (nSPS) is 14.4. The second-order valence-electron chi connectivity index (χ2n) is 5.51. The summed E-state index contributed by atoms with van der Waals surface area (Å²) < 4.78 is 17.3. The summed E-state index contributed by atoms with van der Waals surface area (Å²) in [6.07, 6.45) is 1.11. The third-order valence-corrected chi connectivity index (χ3v) is 5.45. The minimum Gasteiger partial charge on any atom is -0.467 e. The molecule has 6 nitrogen and oxygen atoms in total. The molecule has 7 heteroatoms. The molecule has 1 rings (SSSR count). The van der Waals surface area contributed by atoms with Crippen LogP contribution in [0.2, 0.25) is 0 Å². The molecule has 1 aromatic rings. The average Bonchev–Trinajstić information content (AvgIpc) is 2.58. The van der Waals surface area contributed by atoms with Gasteiger partial charge in [0, 0.05) is 21.8 Å². The highest BCUT2D eigenvalue weighted by Crippen LogP contribution is 2.16. The highest BCUT2D eigenvalue weighted by atomic mass is 32.2. The fourth-order valence-corrected chi connectivity index (χ4v) is 4.07. The van der Waals surface area contributed by atoms with Gasteiger partial charge in [-0.05, 0) is 24.8 Å². The molecule has 2 unspecified atom stereocenters. The van der Waals surface area contributed by atoms with Gasteiger partial charge in [-0.15, -0.1) is 0 Å². The molecular weight excluding hydrogens is 330 g/mol. The van der Waals surface area contributed by atoms with Gasteiger partial charge in [0.05, 0.1) is 7.11 Å². The molecule has 0 aliphatic carbocycles. The molecule has 1 aromatic carbocycles. The van der Waals surface area contributed by atoms with Gasteiger partial charge in [-0.1, -0.05) is 43.7 Å². The second kappa shape index (κ2) is 10.8. The number of carboxylic acid groups (broad SMARTS) is 1. The van der Waals surface area contributed by atoms with Crippen molar-refractivity contribution in [1.29, 1.82) is 0 Å². The summed E-state index contributed by atoms with van der Waals surface area (Å²) in [5, 5.41) is 10.8. The standard InChI is InChI=1S/C17H25NO5S/c1-3-4-10-24(22)14(11-13-8-6-5-7-9-13)12-15(16(19)23-2)18-17(20)21/h5-9,14-15,18H,3-4,10-12H2,1-2H3,(H,20,21)/t14-,15?,24?/m1/s1. The van der Waals surface area contributed by atoms with Crippen LogP contribution in [0.3, 0.4) is 0 Å². The molecule has 0 saturated carbocycles. The maximum Gasteiger partial charge on any atom is 0.405 e. The fraction of sp³-hybridized carbons (Fsp3) is 0.529. The number of ether oxygens (including phenoxy) is 1. The summed E-state index contributed by atoms with van der Waals surface area (Å²) >= 11 is 0. The average molecular weight is 355 g/mol. The van der Waals surface area contributed by atoms with E-state index >= 15 is 0 Å². The molecular formula is C17H25NO5S. The van der Waals surface area contributed by atoms with Gasteiger partial charge in [-0.25, -0.2) is 9.59 Å². The predicted molar refractivity (Wildman–Crippen MR) is 93.4 cm³/mol. The van der Waals surface area contributed by atoms with Crippen molar-refractivity contribution < 1.29 is 23.6 Å². The lowest BCUT2D eigenvalue weighted by Gasteiger charge is -2.22. The first kappa shape index (κ1) is 20.2. The van der Waals surface area contributed by atoms with Crippen LogP contribution in [0, 0.1) is 0 Å². The van der Waals surface area contributed by atoms with E-state index in [1.807, 2.05) is 37.3 Å². The lowest BCUT2D eigenvalue weighted by atomic mass is 10.0. The SMILES string of the molecule is CCCCS(=O)[C@H](Cc1ccccc1)CC(NC(=O)O)C(=O)OC. The number of hydrogen-bond acceptors (Lipinski definition) is 4. The van der Waals surface area contributed by atoms with Gasteiger partial charge in [0.15, 0.2) is 0 Å². The molecule has 0 spiro atoms.